The van der Waals surface area contributed by atoms with Gasteiger partial charge in [-0.25, -0.2) is 21.6 Å². The lowest BCUT2D eigenvalue weighted by Gasteiger charge is -2.25. The lowest BCUT2D eigenvalue weighted by Crippen LogP contribution is -2.35. The van der Waals surface area contributed by atoms with Crippen molar-refractivity contribution in [1.82, 2.24) is 9.03 Å². The fourth-order valence-corrected chi connectivity index (χ4v) is 6.63. The SMILES string of the molecule is O=S(=O)(NCc1ccc(S(=O)(=O)N2CCCCC2)cc1)C1=Cc2ccccc2CC1. The van der Waals surface area contributed by atoms with E-state index in [9.17, 15) is 16.8 Å². The number of sulfonamides is 2. The fourth-order valence-electron chi connectivity index (χ4n) is 3.92. The highest BCUT2D eigenvalue weighted by Crippen LogP contribution is 2.27. The molecule has 0 unspecified atom stereocenters. The summed E-state index contributed by atoms with van der Waals surface area (Å²) in [6, 6.07) is 14.3. The Morgan fingerprint density at radius 1 is 0.833 bits per heavy atom. The number of hydrogen-bond acceptors (Lipinski definition) is 4. The highest BCUT2D eigenvalue weighted by atomic mass is 32.2. The minimum absolute atomic E-state index is 0.116. The first-order valence-electron chi connectivity index (χ1n) is 10.2. The minimum atomic E-state index is -3.60. The smallest absolute Gasteiger partial charge is 0.207 e. The number of aryl methyl sites for hydroxylation is 1. The summed E-state index contributed by atoms with van der Waals surface area (Å²) in [4.78, 5) is 0.632. The second-order valence-electron chi connectivity index (χ2n) is 7.74. The van der Waals surface area contributed by atoms with Gasteiger partial charge in [0.05, 0.1) is 9.80 Å². The number of nitrogens with one attached hydrogen (secondary N) is 1. The molecule has 2 aromatic rings. The summed E-state index contributed by atoms with van der Waals surface area (Å²) in [6.45, 7) is 1.23. The molecule has 2 aliphatic rings. The highest BCUT2D eigenvalue weighted by Gasteiger charge is 2.26. The minimum Gasteiger partial charge on any atom is -0.207 e. The van der Waals surface area contributed by atoms with Gasteiger partial charge in [0.15, 0.2) is 0 Å². The number of fused-ring (bicyclic) bond motifs is 1. The largest absolute Gasteiger partial charge is 0.243 e. The molecule has 0 amide bonds. The summed E-state index contributed by atoms with van der Waals surface area (Å²) < 4.78 is 55.1. The predicted octanol–water partition coefficient (Wildman–Crippen LogP) is 3.27. The van der Waals surface area contributed by atoms with Crippen LogP contribution < -0.4 is 4.72 Å². The summed E-state index contributed by atoms with van der Waals surface area (Å²) in [5.41, 5.74) is 2.81. The van der Waals surface area contributed by atoms with Crippen LogP contribution in [0.1, 0.15) is 42.4 Å². The Labute approximate surface area is 178 Å². The summed E-state index contributed by atoms with van der Waals surface area (Å²) >= 11 is 0. The zero-order valence-corrected chi connectivity index (χ0v) is 18.4. The Hall–Kier alpha value is -2.00. The van der Waals surface area contributed by atoms with Crippen LogP contribution in [0.5, 0.6) is 0 Å². The highest BCUT2D eigenvalue weighted by molar-refractivity contribution is 7.93. The Kier molecular flexibility index (Phi) is 6.11. The molecule has 2 aromatic carbocycles. The van der Waals surface area contributed by atoms with E-state index in [1.807, 2.05) is 24.3 Å². The van der Waals surface area contributed by atoms with E-state index in [0.29, 0.717) is 36.4 Å². The van der Waals surface area contributed by atoms with Gasteiger partial charge < -0.3 is 0 Å². The maximum Gasteiger partial charge on any atom is 0.243 e. The van der Waals surface area contributed by atoms with E-state index in [1.165, 1.54) is 4.31 Å². The van der Waals surface area contributed by atoms with Gasteiger partial charge in [0.2, 0.25) is 20.0 Å². The Bertz CT molecular complexity index is 1150. The molecule has 0 saturated carbocycles. The van der Waals surface area contributed by atoms with Gasteiger partial charge >= 0.3 is 0 Å². The van der Waals surface area contributed by atoms with Crippen LogP contribution in [0.25, 0.3) is 6.08 Å². The molecule has 1 heterocycles. The number of piperidine rings is 1. The van der Waals surface area contributed by atoms with Gasteiger partial charge in [0, 0.05) is 19.6 Å². The van der Waals surface area contributed by atoms with Crippen molar-refractivity contribution in [3.05, 3.63) is 70.1 Å². The molecule has 30 heavy (non-hydrogen) atoms. The zero-order valence-electron chi connectivity index (χ0n) is 16.7. The van der Waals surface area contributed by atoms with Crippen LogP contribution in [0, 0.1) is 0 Å². The van der Waals surface area contributed by atoms with Crippen molar-refractivity contribution in [2.75, 3.05) is 13.1 Å². The fraction of sp³-hybridized carbons (Fsp3) is 0.364. The second-order valence-corrected chi connectivity index (χ2v) is 11.5. The molecule has 8 heteroatoms. The number of allylic oxidation sites excluding steroid dienone is 1. The van der Waals surface area contributed by atoms with Crippen LogP contribution in [0.15, 0.2) is 58.3 Å². The molecule has 160 valence electrons. The first-order valence-corrected chi connectivity index (χ1v) is 13.2. The van der Waals surface area contributed by atoms with Crippen LogP contribution in [-0.4, -0.2) is 34.2 Å². The lowest BCUT2D eigenvalue weighted by atomic mass is 9.98. The lowest BCUT2D eigenvalue weighted by molar-refractivity contribution is 0.346. The van der Waals surface area contributed by atoms with Crippen molar-refractivity contribution < 1.29 is 16.8 Å². The molecule has 1 saturated heterocycles. The maximum atomic E-state index is 12.7. The molecular formula is C22H26N2O4S2. The molecule has 0 bridgehead atoms. The molecule has 0 aromatic heterocycles. The zero-order chi connectivity index (χ0) is 21.2. The molecule has 1 N–H and O–H groups in total. The molecular weight excluding hydrogens is 420 g/mol. The van der Waals surface area contributed by atoms with E-state index in [-0.39, 0.29) is 11.4 Å². The van der Waals surface area contributed by atoms with Gasteiger partial charge in [-0.3, -0.25) is 0 Å². The predicted molar refractivity (Wildman–Crippen MR) is 118 cm³/mol. The summed E-state index contributed by atoms with van der Waals surface area (Å²) in [7, 11) is -7.08. The van der Waals surface area contributed by atoms with Gasteiger partial charge in [-0.1, -0.05) is 42.8 Å². The van der Waals surface area contributed by atoms with Crippen molar-refractivity contribution in [3.63, 3.8) is 0 Å². The average molecular weight is 447 g/mol. The van der Waals surface area contributed by atoms with Crippen LogP contribution >= 0.6 is 0 Å². The first-order chi connectivity index (χ1) is 14.4. The van der Waals surface area contributed by atoms with E-state index in [4.69, 9.17) is 0 Å². The molecule has 4 rings (SSSR count). The van der Waals surface area contributed by atoms with Crippen molar-refractivity contribution >= 4 is 26.1 Å². The van der Waals surface area contributed by atoms with Crippen LogP contribution in [0.4, 0.5) is 0 Å². The first kappa shape index (κ1) is 21.2. The number of benzene rings is 2. The Morgan fingerprint density at radius 3 is 2.27 bits per heavy atom. The Balaban J connectivity index is 1.43. The third-order valence-electron chi connectivity index (χ3n) is 5.70. The van der Waals surface area contributed by atoms with Crippen molar-refractivity contribution in [2.24, 2.45) is 0 Å². The molecule has 0 spiro atoms. The van der Waals surface area contributed by atoms with Gasteiger partial charge in [-0.15, -0.1) is 0 Å². The van der Waals surface area contributed by atoms with E-state index < -0.39 is 20.0 Å². The monoisotopic (exact) mass is 446 g/mol. The van der Waals surface area contributed by atoms with Crippen LogP contribution in [0.2, 0.25) is 0 Å². The molecule has 1 aliphatic carbocycles. The van der Waals surface area contributed by atoms with Gasteiger partial charge in [-0.05, 0) is 60.6 Å². The van der Waals surface area contributed by atoms with Gasteiger partial charge in [0.25, 0.3) is 0 Å². The number of rotatable bonds is 6. The summed E-state index contributed by atoms with van der Waals surface area (Å²) in [5, 5.41) is 0. The van der Waals surface area contributed by atoms with Gasteiger partial charge in [-0.2, -0.15) is 4.31 Å². The van der Waals surface area contributed by atoms with Gasteiger partial charge in [0.1, 0.15) is 0 Å². The molecule has 6 nitrogen and oxygen atoms in total. The molecule has 0 atom stereocenters. The van der Waals surface area contributed by atoms with Crippen LogP contribution in [-0.2, 0) is 33.0 Å². The topological polar surface area (TPSA) is 83.5 Å². The van der Waals surface area contributed by atoms with Crippen molar-refractivity contribution in [3.8, 4) is 0 Å². The van der Waals surface area contributed by atoms with Crippen LogP contribution in [0.3, 0.4) is 0 Å². The maximum absolute atomic E-state index is 12.7. The van der Waals surface area contributed by atoms with E-state index >= 15 is 0 Å². The van der Waals surface area contributed by atoms with E-state index in [2.05, 4.69) is 4.72 Å². The number of nitrogens with zero attached hydrogens (tertiary/aromatic N) is 1. The van der Waals surface area contributed by atoms with E-state index in [1.54, 1.807) is 30.3 Å². The summed E-state index contributed by atoms with van der Waals surface area (Å²) in [6.07, 6.45) is 5.74. The Morgan fingerprint density at radius 2 is 1.53 bits per heavy atom. The summed E-state index contributed by atoms with van der Waals surface area (Å²) in [5.74, 6) is 0. The number of hydrogen-bond donors (Lipinski definition) is 1. The average Bonchev–Trinajstić information content (AvgIpc) is 2.78. The normalized spacial score (nSPS) is 17.9. The molecule has 1 aliphatic heterocycles. The molecule has 0 radical (unpaired) electrons. The van der Waals surface area contributed by atoms with Crippen molar-refractivity contribution in [1.29, 1.82) is 0 Å². The standard InChI is InChI=1S/C22H26N2O4S2/c25-29(26,22-13-10-19-6-2-3-7-20(19)16-22)23-17-18-8-11-21(12-9-18)30(27,28)24-14-4-1-5-15-24/h2-3,6-9,11-12,16,23H,1,4-5,10,13-15,17H2. The second kappa shape index (κ2) is 8.63. The third-order valence-corrected chi connectivity index (χ3v) is 9.15. The quantitative estimate of drug-likeness (QED) is 0.738. The molecule has 1 fully saturated rings. The van der Waals surface area contributed by atoms with E-state index in [0.717, 1.165) is 30.4 Å². The van der Waals surface area contributed by atoms with Crippen molar-refractivity contribution in [2.45, 2.75) is 43.5 Å². The third kappa shape index (κ3) is 4.51.